The van der Waals surface area contributed by atoms with Crippen molar-refractivity contribution in [2.75, 3.05) is 56.8 Å². The summed E-state index contributed by atoms with van der Waals surface area (Å²) in [5.74, 6) is -0.426. The lowest BCUT2D eigenvalue weighted by Gasteiger charge is -2.32. The molecule has 0 radical (unpaired) electrons. The molecule has 0 aliphatic carbocycles. The largest absolute Gasteiger partial charge is 0.482 e. The molecule has 3 aromatic carbocycles. The zero-order valence-corrected chi connectivity index (χ0v) is 23.5. The molecule has 0 saturated carbocycles. The number of nitrogens with zero attached hydrogens (tertiary/aromatic N) is 1. The average molecular weight is 574 g/mol. The molecule has 10 heteroatoms. The molecule has 3 N–H and O–H groups in total. The van der Waals surface area contributed by atoms with E-state index in [1.807, 2.05) is 24.3 Å². The quantitative estimate of drug-likeness (QED) is 0.295. The first-order valence-corrected chi connectivity index (χ1v) is 14.1. The van der Waals surface area contributed by atoms with Crippen LogP contribution in [0.4, 0.5) is 11.4 Å². The fourth-order valence-electron chi connectivity index (χ4n) is 5.50. The Kier molecular flexibility index (Phi) is 9.35. The zero-order valence-electron chi connectivity index (χ0n) is 23.5. The van der Waals surface area contributed by atoms with E-state index in [1.54, 1.807) is 42.3 Å². The second-order valence-corrected chi connectivity index (χ2v) is 10.4. The number of methoxy groups -OCH3 is 1. The van der Waals surface area contributed by atoms with Gasteiger partial charge in [0.15, 0.2) is 13.2 Å². The number of ether oxygens (including phenoxy) is 3. The number of anilines is 2. The molecule has 1 saturated heterocycles. The van der Waals surface area contributed by atoms with Gasteiger partial charge in [-0.1, -0.05) is 36.4 Å². The summed E-state index contributed by atoms with van der Waals surface area (Å²) in [4.78, 5) is 38.7. The van der Waals surface area contributed by atoms with Gasteiger partial charge in [-0.3, -0.25) is 9.59 Å². The number of carboxylic acid groups (broad SMARTS) is 1. The molecule has 220 valence electrons. The fourth-order valence-corrected chi connectivity index (χ4v) is 5.50. The summed E-state index contributed by atoms with van der Waals surface area (Å²) in [7, 11) is 1.63. The number of carboxylic acids is 1. The smallest absolute Gasteiger partial charge is 0.341 e. The van der Waals surface area contributed by atoms with E-state index >= 15 is 0 Å². The van der Waals surface area contributed by atoms with Crippen LogP contribution in [0.2, 0.25) is 0 Å². The molecule has 42 heavy (non-hydrogen) atoms. The highest BCUT2D eigenvalue weighted by molar-refractivity contribution is 6.00. The predicted molar refractivity (Wildman–Crippen MR) is 158 cm³/mol. The van der Waals surface area contributed by atoms with E-state index in [9.17, 15) is 14.4 Å². The molecule has 0 spiro atoms. The molecule has 2 aliphatic rings. The molecule has 0 aromatic heterocycles. The molecule has 2 amide bonds. The summed E-state index contributed by atoms with van der Waals surface area (Å²) in [6.07, 6.45) is 1.50. The molecular weight excluding hydrogens is 538 g/mol. The summed E-state index contributed by atoms with van der Waals surface area (Å²) in [6.45, 7) is 2.00. The Morgan fingerprint density at radius 2 is 1.93 bits per heavy atom. The fraction of sp³-hybridized carbons (Fsp3) is 0.344. The number of fused-ring (bicyclic) bond motifs is 1. The Bertz CT molecular complexity index is 1430. The number of piperidine rings is 1. The number of carbonyl (C=O) groups is 3. The SMILES string of the molecule is COCCCN1C(=O)COc2ccc(NC(=O)[C@H]3CNCC[C@@H]3c3cccc(-c4ccc(OCC(=O)O)cc4)c3)cc21. The highest BCUT2D eigenvalue weighted by Crippen LogP contribution is 2.37. The minimum atomic E-state index is -1.02. The van der Waals surface area contributed by atoms with E-state index in [0.29, 0.717) is 49.0 Å². The standard InChI is InChI=1S/C32H35N3O7/c1-40-15-3-14-35-28-17-24(8-11-29(28)42-19-30(35)36)34-32(39)27-18-33-13-12-26(27)23-5-2-4-22(16-23)21-6-9-25(10-7-21)41-20-31(37)38/h2,4-11,16-17,26-27,33H,3,12-15,18-20H2,1H3,(H,34,39)(H,37,38)/t26-,27+/m1/s1. The maximum Gasteiger partial charge on any atom is 0.341 e. The lowest BCUT2D eigenvalue weighted by Crippen LogP contribution is -2.42. The van der Waals surface area contributed by atoms with Crippen molar-refractivity contribution in [2.24, 2.45) is 5.92 Å². The number of carbonyl (C=O) groups excluding carboxylic acids is 2. The second kappa shape index (κ2) is 13.5. The number of hydrogen-bond acceptors (Lipinski definition) is 7. The molecule has 3 aromatic rings. The average Bonchev–Trinajstić information content (AvgIpc) is 3.01. The third-order valence-corrected chi connectivity index (χ3v) is 7.58. The van der Waals surface area contributed by atoms with Crippen LogP contribution in [0.15, 0.2) is 66.7 Å². The minimum absolute atomic E-state index is 0.0111. The molecule has 1 fully saturated rings. The Hall–Kier alpha value is -4.41. The molecule has 2 heterocycles. The number of amides is 2. The first kappa shape index (κ1) is 29.1. The molecular formula is C32H35N3O7. The molecule has 2 atom stereocenters. The minimum Gasteiger partial charge on any atom is -0.482 e. The van der Waals surface area contributed by atoms with Crippen molar-refractivity contribution >= 4 is 29.2 Å². The molecule has 10 nitrogen and oxygen atoms in total. The van der Waals surface area contributed by atoms with Gasteiger partial charge in [0.25, 0.3) is 5.91 Å². The topological polar surface area (TPSA) is 126 Å². The van der Waals surface area contributed by atoms with E-state index < -0.39 is 12.6 Å². The lowest BCUT2D eigenvalue weighted by atomic mass is 9.80. The van der Waals surface area contributed by atoms with Crippen LogP contribution in [0.3, 0.4) is 0 Å². The summed E-state index contributed by atoms with van der Waals surface area (Å²) in [5, 5.41) is 15.3. The number of aliphatic carboxylic acids is 1. The maximum atomic E-state index is 13.6. The van der Waals surface area contributed by atoms with Gasteiger partial charge in [0.05, 0.1) is 11.6 Å². The summed E-state index contributed by atoms with van der Waals surface area (Å²) in [6, 6.07) is 20.9. The van der Waals surface area contributed by atoms with Gasteiger partial charge in [-0.15, -0.1) is 0 Å². The van der Waals surface area contributed by atoms with Crippen molar-refractivity contribution in [1.82, 2.24) is 5.32 Å². The Morgan fingerprint density at radius 1 is 1.10 bits per heavy atom. The predicted octanol–water partition coefficient (Wildman–Crippen LogP) is 3.91. The number of benzene rings is 3. The first-order chi connectivity index (χ1) is 20.4. The Morgan fingerprint density at radius 3 is 2.71 bits per heavy atom. The van der Waals surface area contributed by atoms with E-state index in [-0.39, 0.29) is 30.3 Å². The van der Waals surface area contributed by atoms with Gasteiger partial charge in [0, 0.05) is 32.5 Å². The molecule has 0 bridgehead atoms. The van der Waals surface area contributed by atoms with Crippen molar-refractivity contribution in [1.29, 1.82) is 0 Å². The summed E-state index contributed by atoms with van der Waals surface area (Å²) < 4.78 is 16.0. The Balaban J connectivity index is 1.31. The zero-order chi connectivity index (χ0) is 29.5. The van der Waals surface area contributed by atoms with Gasteiger partial charge >= 0.3 is 5.97 Å². The summed E-state index contributed by atoms with van der Waals surface area (Å²) in [5.41, 5.74) is 4.30. The van der Waals surface area contributed by atoms with Gasteiger partial charge in [0.1, 0.15) is 11.5 Å². The maximum absolute atomic E-state index is 13.6. The number of nitrogens with one attached hydrogen (secondary N) is 2. The number of hydrogen-bond donors (Lipinski definition) is 3. The lowest BCUT2D eigenvalue weighted by molar-refractivity contribution is -0.139. The third-order valence-electron chi connectivity index (χ3n) is 7.58. The monoisotopic (exact) mass is 573 g/mol. The van der Waals surface area contributed by atoms with Crippen LogP contribution >= 0.6 is 0 Å². The van der Waals surface area contributed by atoms with Gasteiger partial charge in [-0.05, 0) is 72.3 Å². The van der Waals surface area contributed by atoms with Crippen LogP contribution in [-0.2, 0) is 19.1 Å². The first-order valence-electron chi connectivity index (χ1n) is 14.1. The normalized spacial score (nSPS) is 18.1. The van der Waals surface area contributed by atoms with E-state index in [0.717, 1.165) is 29.7 Å². The van der Waals surface area contributed by atoms with Crippen molar-refractivity contribution in [3.63, 3.8) is 0 Å². The van der Waals surface area contributed by atoms with Gasteiger partial charge in [-0.2, -0.15) is 0 Å². The number of rotatable bonds is 11. The third kappa shape index (κ3) is 6.89. The van der Waals surface area contributed by atoms with Gasteiger partial charge < -0.3 is 34.9 Å². The van der Waals surface area contributed by atoms with Crippen LogP contribution in [0.5, 0.6) is 11.5 Å². The van der Waals surface area contributed by atoms with Crippen LogP contribution < -0.4 is 25.0 Å². The molecule has 2 aliphatic heterocycles. The highest BCUT2D eigenvalue weighted by atomic mass is 16.5. The van der Waals surface area contributed by atoms with Gasteiger partial charge in [0.2, 0.25) is 5.91 Å². The van der Waals surface area contributed by atoms with Crippen LogP contribution in [0.25, 0.3) is 11.1 Å². The second-order valence-electron chi connectivity index (χ2n) is 10.4. The summed E-state index contributed by atoms with van der Waals surface area (Å²) >= 11 is 0. The van der Waals surface area contributed by atoms with Crippen LogP contribution in [-0.4, -0.2) is 69.5 Å². The van der Waals surface area contributed by atoms with Gasteiger partial charge in [-0.25, -0.2) is 4.79 Å². The van der Waals surface area contributed by atoms with Crippen LogP contribution in [0, 0.1) is 5.92 Å². The molecule has 5 rings (SSSR count). The van der Waals surface area contributed by atoms with Crippen molar-refractivity contribution in [3.8, 4) is 22.6 Å². The van der Waals surface area contributed by atoms with E-state index in [4.69, 9.17) is 19.3 Å². The Labute approximate surface area is 244 Å². The van der Waals surface area contributed by atoms with E-state index in [2.05, 4.69) is 22.8 Å². The van der Waals surface area contributed by atoms with Crippen molar-refractivity contribution in [2.45, 2.75) is 18.8 Å². The van der Waals surface area contributed by atoms with Crippen molar-refractivity contribution in [3.05, 3.63) is 72.3 Å². The van der Waals surface area contributed by atoms with Crippen molar-refractivity contribution < 1.29 is 33.7 Å². The van der Waals surface area contributed by atoms with Crippen LogP contribution in [0.1, 0.15) is 24.3 Å². The molecule has 0 unspecified atom stereocenters. The highest BCUT2D eigenvalue weighted by Gasteiger charge is 2.33. The van der Waals surface area contributed by atoms with E-state index in [1.165, 1.54) is 0 Å².